The van der Waals surface area contributed by atoms with E-state index in [2.05, 4.69) is 51.7 Å². The molecule has 0 radical (unpaired) electrons. The molecule has 23 heavy (non-hydrogen) atoms. The van der Waals surface area contributed by atoms with E-state index in [0.717, 1.165) is 11.3 Å². The second-order valence-corrected chi connectivity index (χ2v) is 5.44. The highest BCUT2D eigenvalue weighted by Crippen LogP contribution is 2.24. The summed E-state index contributed by atoms with van der Waals surface area (Å²) in [7, 11) is 0. The molecular weight excluding hydrogens is 286 g/mol. The number of aromatic nitrogens is 2. The molecule has 0 spiro atoms. The van der Waals surface area contributed by atoms with Crippen LogP contribution in [0.3, 0.4) is 0 Å². The standard InChI is InChI=1S/C19H19N3O/c1-14(13-23)21-19-20-12-11-18(22-19)17-9-7-16(8-10-17)15-5-3-2-4-6-15/h2-12,14,23H,13H2,1H3,(H,20,21,22). The maximum Gasteiger partial charge on any atom is 0.223 e. The van der Waals surface area contributed by atoms with Crippen LogP contribution in [0, 0.1) is 0 Å². The zero-order valence-electron chi connectivity index (χ0n) is 13.0. The van der Waals surface area contributed by atoms with Crippen LogP contribution in [-0.4, -0.2) is 27.7 Å². The van der Waals surface area contributed by atoms with Gasteiger partial charge in [0.15, 0.2) is 0 Å². The number of benzene rings is 2. The van der Waals surface area contributed by atoms with Gasteiger partial charge in [0, 0.05) is 17.8 Å². The van der Waals surface area contributed by atoms with Crippen LogP contribution in [0.25, 0.3) is 22.4 Å². The Labute approximate surface area is 135 Å². The predicted molar refractivity (Wildman–Crippen MR) is 93.1 cm³/mol. The zero-order chi connectivity index (χ0) is 16.1. The van der Waals surface area contributed by atoms with Crippen LogP contribution in [-0.2, 0) is 0 Å². The van der Waals surface area contributed by atoms with E-state index >= 15 is 0 Å². The normalized spacial score (nSPS) is 11.9. The average molecular weight is 305 g/mol. The van der Waals surface area contributed by atoms with Crippen molar-refractivity contribution in [1.29, 1.82) is 0 Å². The third-order valence-electron chi connectivity index (χ3n) is 3.59. The van der Waals surface area contributed by atoms with Crippen molar-refractivity contribution in [2.24, 2.45) is 0 Å². The van der Waals surface area contributed by atoms with Crippen LogP contribution in [0.5, 0.6) is 0 Å². The Bertz CT molecular complexity index is 757. The summed E-state index contributed by atoms with van der Waals surface area (Å²) in [6.07, 6.45) is 1.72. The highest BCUT2D eigenvalue weighted by atomic mass is 16.3. The summed E-state index contributed by atoms with van der Waals surface area (Å²) in [5, 5.41) is 12.2. The van der Waals surface area contributed by atoms with Crippen molar-refractivity contribution in [2.75, 3.05) is 11.9 Å². The summed E-state index contributed by atoms with van der Waals surface area (Å²) < 4.78 is 0. The minimum absolute atomic E-state index is 0.0410. The van der Waals surface area contributed by atoms with Gasteiger partial charge >= 0.3 is 0 Å². The van der Waals surface area contributed by atoms with E-state index in [4.69, 9.17) is 5.11 Å². The molecular formula is C19H19N3O. The van der Waals surface area contributed by atoms with Crippen molar-refractivity contribution < 1.29 is 5.11 Å². The van der Waals surface area contributed by atoms with E-state index in [-0.39, 0.29) is 12.6 Å². The number of rotatable bonds is 5. The quantitative estimate of drug-likeness (QED) is 0.756. The van der Waals surface area contributed by atoms with Gasteiger partial charge in [-0.25, -0.2) is 9.97 Å². The third-order valence-corrected chi connectivity index (χ3v) is 3.59. The summed E-state index contributed by atoms with van der Waals surface area (Å²) in [5.41, 5.74) is 4.26. The van der Waals surface area contributed by atoms with E-state index in [1.807, 2.05) is 31.2 Å². The number of aliphatic hydroxyl groups is 1. The third kappa shape index (κ3) is 3.73. The maximum atomic E-state index is 9.10. The molecule has 4 heteroatoms. The smallest absolute Gasteiger partial charge is 0.223 e. The van der Waals surface area contributed by atoms with Gasteiger partial charge in [0.25, 0.3) is 0 Å². The first-order valence-corrected chi connectivity index (χ1v) is 7.62. The number of aliphatic hydroxyl groups excluding tert-OH is 1. The van der Waals surface area contributed by atoms with Gasteiger partial charge in [-0.15, -0.1) is 0 Å². The lowest BCUT2D eigenvalue weighted by molar-refractivity contribution is 0.281. The lowest BCUT2D eigenvalue weighted by Gasteiger charge is -2.11. The SMILES string of the molecule is CC(CO)Nc1nccc(-c2ccc(-c3ccccc3)cc2)n1. The number of hydrogen-bond acceptors (Lipinski definition) is 4. The summed E-state index contributed by atoms with van der Waals surface area (Å²) in [4.78, 5) is 8.68. The molecule has 0 aliphatic heterocycles. The Morgan fingerprint density at radius 3 is 2.26 bits per heavy atom. The van der Waals surface area contributed by atoms with Gasteiger partial charge < -0.3 is 10.4 Å². The Morgan fingerprint density at radius 2 is 1.57 bits per heavy atom. The molecule has 0 saturated heterocycles. The molecule has 0 bridgehead atoms. The van der Waals surface area contributed by atoms with E-state index in [1.165, 1.54) is 11.1 Å². The van der Waals surface area contributed by atoms with Crippen LogP contribution in [0.2, 0.25) is 0 Å². The minimum Gasteiger partial charge on any atom is -0.394 e. The first-order chi connectivity index (χ1) is 11.3. The molecule has 1 unspecified atom stereocenters. The van der Waals surface area contributed by atoms with Gasteiger partial charge in [-0.2, -0.15) is 0 Å². The fourth-order valence-corrected chi connectivity index (χ4v) is 2.32. The summed E-state index contributed by atoms with van der Waals surface area (Å²) in [5.74, 6) is 0.524. The van der Waals surface area contributed by atoms with Crippen molar-refractivity contribution in [3.05, 3.63) is 66.9 Å². The summed E-state index contributed by atoms with van der Waals surface area (Å²) >= 11 is 0. The number of hydrogen-bond donors (Lipinski definition) is 2. The molecule has 0 aliphatic rings. The van der Waals surface area contributed by atoms with E-state index in [9.17, 15) is 0 Å². The van der Waals surface area contributed by atoms with Crippen LogP contribution in [0.1, 0.15) is 6.92 Å². The molecule has 0 aliphatic carbocycles. The number of anilines is 1. The fraction of sp³-hybridized carbons (Fsp3) is 0.158. The monoisotopic (exact) mass is 305 g/mol. The van der Waals surface area contributed by atoms with E-state index in [1.54, 1.807) is 6.20 Å². The highest BCUT2D eigenvalue weighted by Gasteiger charge is 2.05. The Morgan fingerprint density at radius 1 is 0.913 bits per heavy atom. The van der Waals surface area contributed by atoms with Crippen LogP contribution < -0.4 is 5.32 Å². The van der Waals surface area contributed by atoms with E-state index < -0.39 is 0 Å². The first kappa shape index (κ1) is 15.2. The molecule has 3 rings (SSSR count). The number of nitrogens with zero attached hydrogens (tertiary/aromatic N) is 2. The fourth-order valence-electron chi connectivity index (χ4n) is 2.32. The molecule has 4 nitrogen and oxygen atoms in total. The Kier molecular flexibility index (Phi) is 4.64. The van der Waals surface area contributed by atoms with Gasteiger partial charge in [-0.3, -0.25) is 0 Å². The number of nitrogens with one attached hydrogen (secondary N) is 1. The van der Waals surface area contributed by atoms with Gasteiger partial charge in [-0.05, 0) is 24.1 Å². The molecule has 0 amide bonds. The largest absolute Gasteiger partial charge is 0.394 e. The average Bonchev–Trinajstić information content (AvgIpc) is 2.63. The summed E-state index contributed by atoms with van der Waals surface area (Å²) in [6.45, 7) is 1.92. The Hall–Kier alpha value is -2.72. The van der Waals surface area contributed by atoms with Crippen LogP contribution in [0.15, 0.2) is 66.9 Å². The molecule has 1 heterocycles. The molecule has 0 fully saturated rings. The van der Waals surface area contributed by atoms with Crippen LogP contribution >= 0.6 is 0 Å². The van der Waals surface area contributed by atoms with Crippen LogP contribution in [0.4, 0.5) is 5.95 Å². The van der Waals surface area contributed by atoms with Crippen molar-refractivity contribution in [3.8, 4) is 22.4 Å². The molecule has 0 saturated carbocycles. The minimum atomic E-state index is -0.0780. The van der Waals surface area contributed by atoms with Crippen molar-refractivity contribution in [3.63, 3.8) is 0 Å². The molecule has 1 aromatic heterocycles. The Balaban J connectivity index is 1.83. The van der Waals surface area contributed by atoms with Gasteiger partial charge in [0.2, 0.25) is 5.95 Å². The maximum absolute atomic E-state index is 9.10. The molecule has 116 valence electrons. The van der Waals surface area contributed by atoms with Gasteiger partial charge in [0.1, 0.15) is 0 Å². The molecule has 2 aromatic carbocycles. The van der Waals surface area contributed by atoms with Crippen molar-refractivity contribution in [1.82, 2.24) is 9.97 Å². The topological polar surface area (TPSA) is 58.0 Å². The molecule has 1 atom stereocenters. The molecule has 2 N–H and O–H groups in total. The van der Waals surface area contributed by atoms with Gasteiger partial charge in [-0.1, -0.05) is 54.6 Å². The zero-order valence-corrected chi connectivity index (χ0v) is 13.0. The second kappa shape index (κ2) is 7.03. The van der Waals surface area contributed by atoms with Crippen molar-refractivity contribution in [2.45, 2.75) is 13.0 Å². The first-order valence-electron chi connectivity index (χ1n) is 7.62. The lowest BCUT2D eigenvalue weighted by atomic mass is 10.0. The van der Waals surface area contributed by atoms with Gasteiger partial charge in [0.05, 0.1) is 12.3 Å². The lowest BCUT2D eigenvalue weighted by Crippen LogP contribution is -2.20. The highest BCUT2D eigenvalue weighted by molar-refractivity contribution is 5.68. The van der Waals surface area contributed by atoms with E-state index in [0.29, 0.717) is 5.95 Å². The summed E-state index contributed by atoms with van der Waals surface area (Å²) in [6, 6.07) is 20.4. The second-order valence-electron chi connectivity index (χ2n) is 5.44. The molecule has 3 aromatic rings. The van der Waals surface area contributed by atoms with Crippen molar-refractivity contribution >= 4 is 5.95 Å². The predicted octanol–water partition coefficient (Wildman–Crippen LogP) is 3.60.